The van der Waals surface area contributed by atoms with Crippen LogP contribution in [0.1, 0.15) is 18.1 Å². The van der Waals surface area contributed by atoms with Gasteiger partial charge in [0.2, 0.25) is 17.7 Å². The highest BCUT2D eigenvalue weighted by molar-refractivity contribution is 7.80. The first-order valence-corrected chi connectivity index (χ1v) is 11.6. The van der Waals surface area contributed by atoms with Crippen LogP contribution >= 0.6 is 12.6 Å². The van der Waals surface area contributed by atoms with E-state index in [9.17, 15) is 29.4 Å². The lowest BCUT2D eigenvalue weighted by Gasteiger charge is -2.24. The van der Waals surface area contributed by atoms with Crippen molar-refractivity contribution >= 4 is 36.3 Å². The highest BCUT2D eigenvalue weighted by Gasteiger charge is 2.29. The van der Waals surface area contributed by atoms with Crippen LogP contribution in [0, 0.1) is 0 Å². The number of benzene rings is 2. The van der Waals surface area contributed by atoms with E-state index < -0.39 is 47.9 Å². The molecule has 0 saturated heterocycles. The molecule has 4 atom stereocenters. The van der Waals surface area contributed by atoms with E-state index in [0.29, 0.717) is 5.56 Å². The molecule has 11 heteroatoms. The summed E-state index contributed by atoms with van der Waals surface area (Å²) in [5.41, 5.74) is 6.99. The number of amides is 3. The summed E-state index contributed by atoms with van der Waals surface area (Å²) in [4.78, 5) is 49.7. The van der Waals surface area contributed by atoms with Gasteiger partial charge >= 0.3 is 5.97 Å². The lowest BCUT2D eigenvalue weighted by atomic mass is 10.0. The lowest BCUT2D eigenvalue weighted by molar-refractivity contribution is -0.142. The normalized spacial score (nSPS) is 14.1. The van der Waals surface area contributed by atoms with E-state index in [1.54, 1.807) is 36.4 Å². The van der Waals surface area contributed by atoms with Crippen molar-refractivity contribution in [2.45, 2.75) is 43.9 Å². The molecule has 3 amide bonds. The molecule has 0 saturated carbocycles. The largest absolute Gasteiger partial charge is 0.508 e. The second-order valence-electron chi connectivity index (χ2n) is 8.05. The van der Waals surface area contributed by atoms with Crippen molar-refractivity contribution in [2.75, 3.05) is 5.75 Å². The van der Waals surface area contributed by atoms with Gasteiger partial charge in [0.15, 0.2) is 0 Å². The van der Waals surface area contributed by atoms with Crippen LogP contribution in [-0.2, 0) is 32.0 Å². The number of nitrogens with one attached hydrogen (secondary N) is 3. The fourth-order valence-electron chi connectivity index (χ4n) is 3.17. The van der Waals surface area contributed by atoms with Crippen molar-refractivity contribution in [3.8, 4) is 5.75 Å². The SMILES string of the molecule is CC(N)C(=O)NC(Cc1ccccc1)C(=O)NC(CS)C(=O)NC(Cc1ccc(O)cc1)C(=O)O. The van der Waals surface area contributed by atoms with Crippen LogP contribution in [0.15, 0.2) is 54.6 Å². The summed E-state index contributed by atoms with van der Waals surface area (Å²) in [5.74, 6) is -3.25. The second kappa shape index (κ2) is 13.4. The quantitative estimate of drug-likeness (QED) is 0.200. The van der Waals surface area contributed by atoms with E-state index in [-0.39, 0.29) is 24.3 Å². The Bertz CT molecular complexity index is 1020. The van der Waals surface area contributed by atoms with E-state index in [0.717, 1.165) is 5.56 Å². The molecular weight excluding hydrogens is 472 g/mol. The number of carboxylic acids is 1. The highest BCUT2D eigenvalue weighted by atomic mass is 32.1. The van der Waals surface area contributed by atoms with Gasteiger partial charge in [-0.2, -0.15) is 12.6 Å². The molecule has 7 N–H and O–H groups in total. The summed E-state index contributed by atoms with van der Waals surface area (Å²) in [6.45, 7) is 1.48. The van der Waals surface area contributed by atoms with Gasteiger partial charge in [-0.05, 0) is 30.2 Å². The number of rotatable bonds is 12. The van der Waals surface area contributed by atoms with Gasteiger partial charge in [-0.25, -0.2) is 4.79 Å². The van der Waals surface area contributed by atoms with Crippen LogP contribution in [-0.4, -0.2) is 63.8 Å². The Hall–Kier alpha value is -3.57. The Morgan fingerprint density at radius 3 is 1.83 bits per heavy atom. The van der Waals surface area contributed by atoms with Gasteiger partial charge in [-0.15, -0.1) is 0 Å². The monoisotopic (exact) mass is 502 g/mol. The molecule has 0 aliphatic carbocycles. The Morgan fingerprint density at radius 2 is 1.29 bits per heavy atom. The number of thiol groups is 1. The van der Waals surface area contributed by atoms with Crippen LogP contribution in [0.2, 0.25) is 0 Å². The smallest absolute Gasteiger partial charge is 0.326 e. The number of phenols is 1. The highest BCUT2D eigenvalue weighted by Crippen LogP contribution is 2.12. The predicted octanol–water partition coefficient (Wildman–Crippen LogP) is -0.00660. The van der Waals surface area contributed by atoms with Crippen molar-refractivity contribution in [1.82, 2.24) is 16.0 Å². The molecule has 35 heavy (non-hydrogen) atoms. The molecule has 2 rings (SSSR count). The van der Waals surface area contributed by atoms with E-state index in [4.69, 9.17) is 5.73 Å². The maximum absolute atomic E-state index is 13.0. The van der Waals surface area contributed by atoms with Crippen LogP contribution in [0.25, 0.3) is 0 Å². The van der Waals surface area contributed by atoms with E-state index in [2.05, 4.69) is 28.6 Å². The van der Waals surface area contributed by atoms with Gasteiger partial charge in [0.25, 0.3) is 0 Å². The molecule has 0 aliphatic heterocycles. The molecule has 188 valence electrons. The summed E-state index contributed by atoms with van der Waals surface area (Å²) < 4.78 is 0. The van der Waals surface area contributed by atoms with E-state index in [1.807, 2.05) is 6.07 Å². The number of carbonyl (C=O) groups is 4. The first kappa shape index (κ1) is 27.7. The molecular formula is C24H30N4O6S. The Balaban J connectivity index is 2.10. The minimum Gasteiger partial charge on any atom is -0.508 e. The average Bonchev–Trinajstić information content (AvgIpc) is 2.83. The molecule has 0 aliphatic rings. The molecule has 0 aromatic heterocycles. The first-order chi connectivity index (χ1) is 16.6. The fourth-order valence-corrected chi connectivity index (χ4v) is 3.43. The summed E-state index contributed by atoms with van der Waals surface area (Å²) in [5, 5.41) is 26.5. The van der Waals surface area contributed by atoms with Crippen LogP contribution in [0.3, 0.4) is 0 Å². The zero-order valence-electron chi connectivity index (χ0n) is 19.2. The zero-order valence-corrected chi connectivity index (χ0v) is 20.1. The van der Waals surface area contributed by atoms with Gasteiger partial charge in [0.05, 0.1) is 6.04 Å². The topological polar surface area (TPSA) is 171 Å². The third-order valence-electron chi connectivity index (χ3n) is 5.14. The average molecular weight is 503 g/mol. The molecule has 0 heterocycles. The summed E-state index contributed by atoms with van der Waals surface area (Å²) in [7, 11) is 0. The number of nitrogens with two attached hydrogens (primary N) is 1. The fraction of sp³-hybridized carbons (Fsp3) is 0.333. The van der Waals surface area contributed by atoms with E-state index >= 15 is 0 Å². The Kier molecular flexibility index (Phi) is 10.6. The van der Waals surface area contributed by atoms with Crippen molar-refractivity contribution in [3.05, 3.63) is 65.7 Å². The predicted molar refractivity (Wildman–Crippen MR) is 133 cm³/mol. The Morgan fingerprint density at radius 1 is 0.800 bits per heavy atom. The standard InChI is InChI=1S/C24H30N4O6S/c1-14(25)21(30)26-18(11-15-5-3-2-4-6-15)22(31)28-20(13-35)23(32)27-19(24(33)34)12-16-7-9-17(29)10-8-16/h2-10,14,18-20,29,35H,11-13,25H2,1H3,(H,26,30)(H,27,32)(H,28,31)(H,33,34). The maximum Gasteiger partial charge on any atom is 0.326 e. The number of aliphatic carboxylic acids is 1. The van der Waals surface area contributed by atoms with Crippen LogP contribution < -0.4 is 21.7 Å². The van der Waals surface area contributed by atoms with Gasteiger partial charge < -0.3 is 31.9 Å². The van der Waals surface area contributed by atoms with Crippen LogP contribution in [0.5, 0.6) is 5.75 Å². The van der Waals surface area contributed by atoms with Crippen molar-refractivity contribution in [3.63, 3.8) is 0 Å². The zero-order chi connectivity index (χ0) is 26.0. The van der Waals surface area contributed by atoms with Gasteiger partial charge in [0.1, 0.15) is 23.9 Å². The summed E-state index contributed by atoms with van der Waals surface area (Å²) >= 11 is 4.13. The first-order valence-electron chi connectivity index (χ1n) is 10.9. The minimum atomic E-state index is -1.27. The summed E-state index contributed by atoms with van der Waals surface area (Å²) in [6.07, 6.45) is 0.125. The van der Waals surface area contributed by atoms with Crippen LogP contribution in [0.4, 0.5) is 0 Å². The van der Waals surface area contributed by atoms with Gasteiger partial charge in [-0.3, -0.25) is 14.4 Å². The third-order valence-corrected chi connectivity index (χ3v) is 5.50. The molecule has 4 unspecified atom stereocenters. The lowest BCUT2D eigenvalue weighted by Crippen LogP contribution is -2.58. The number of phenolic OH excluding ortho intramolecular Hbond substituents is 1. The number of hydrogen-bond donors (Lipinski definition) is 7. The number of carbonyl (C=O) groups excluding carboxylic acids is 3. The number of hydrogen-bond acceptors (Lipinski definition) is 7. The molecule has 0 bridgehead atoms. The summed E-state index contributed by atoms with van der Waals surface area (Å²) in [6, 6.07) is 10.6. The number of aromatic hydroxyl groups is 1. The van der Waals surface area contributed by atoms with Crippen molar-refractivity contribution in [1.29, 1.82) is 0 Å². The molecule has 0 spiro atoms. The number of carboxylic acid groups (broad SMARTS) is 1. The second-order valence-corrected chi connectivity index (χ2v) is 8.42. The van der Waals surface area contributed by atoms with Crippen molar-refractivity contribution in [2.24, 2.45) is 5.73 Å². The minimum absolute atomic E-state index is 0.0312. The van der Waals surface area contributed by atoms with Gasteiger partial charge in [0, 0.05) is 18.6 Å². The van der Waals surface area contributed by atoms with Crippen molar-refractivity contribution < 1.29 is 29.4 Å². The molecule has 2 aromatic rings. The molecule has 10 nitrogen and oxygen atoms in total. The molecule has 2 aromatic carbocycles. The van der Waals surface area contributed by atoms with Gasteiger partial charge in [-0.1, -0.05) is 42.5 Å². The molecule has 0 fully saturated rings. The third kappa shape index (κ3) is 8.95. The maximum atomic E-state index is 13.0. The Labute approximate surface area is 208 Å². The molecule has 0 radical (unpaired) electrons. The van der Waals surface area contributed by atoms with E-state index in [1.165, 1.54) is 19.1 Å².